The summed E-state index contributed by atoms with van der Waals surface area (Å²) in [6.45, 7) is 0. The Morgan fingerprint density at radius 1 is 1.40 bits per heavy atom. The largest absolute Gasteiger partial charge is 0.303 e. The maximum absolute atomic E-state index is 10.7. The molecule has 1 aliphatic carbocycles. The molecule has 2 rings (SSSR count). The topological polar surface area (TPSA) is 60.2 Å². The van der Waals surface area contributed by atoms with E-state index >= 15 is 0 Å². The summed E-state index contributed by atoms with van der Waals surface area (Å²) in [5.74, 6) is 0.0273. The van der Waals surface area contributed by atoms with Gasteiger partial charge in [-0.3, -0.25) is 10.1 Å². The van der Waals surface area contributed by atoms with E-state index in [1.165, 1.54) is 6.07 Å². The monoisotopic (exact) mass is 205 g/mol. The molecule has 0 aromatic heterocycles. The van der Waals surface area contributed by atoms with Crippen LogP contribution in [0.15, 0.2) is 18.2 Å². The van der Waals surface area contributed by atoms with Gasteiger partial charge in [-0.2, -0.15) is 0 Å². The molecule has 1 aromatic carbocycles. The molecule has 0 amide bonds. The van der Waals surface area contributed by atoms with E-state index in [0.717, 1.165) is 30.3 Å². The van der Waals surface area contributed by atoms with Crippen molar-refractivity contribution in [1.82, 2.24) is 0 Å². The molecule has 0 saturated heterocycles. The van der Waals surface area contributed by atoms with Crippen molar-refractivity contribution in [3.05, 3.63) is 39.4 Å². The molecular weight excluding hydrogens is 194 g/mol. The van der Waals surface area contributed by atoms with Crippen molar-refractivity contribution < 1.29 is 9.72 Å². The van der Waals surface area contributed by atoms with Crippen LogP contribution in [-0.2, 0) is 17.6 Å². The Kier molecular flexibility index (Phi) is 2.49. The van der Waals surface area contributed by atoms with Gasteiger partial charge in [-0.15, -0.1) is 0 Å². The minimum Gasteiger partial charge on any atom is -0.303 e. The van der Waals surface area contributed by atoms with Gasteiger partial charge in [0.2, 0.25) is 0 Å². The average Bonchev–Trinajstić information content (AvgIpc) is 2.27. The third-order valence-corrected chi connectivity index (χ3v) is 2.86. The van der Waals surface area contributed by atoms with Crippen LogP contribution < -0.4 is 0 Å². The molecule has 0 aliphatic heterocycles. The number of carbonyl (C=O) groups is 1. The van der Waals surface area contributed by atoms with Crippen LogP contribution in [-0.4, -0.2) is 11.2 Å². The summed E-state index contributed by atoms with van der Waals surface area (Å²) in [5.41, 5.74) is 2.20. The Balaban J connectivity index is 2.34. The highest BCUT2D eigenvalue weighted by molar-refractivity contribution is 5.56. The summed E-state index contributed by atoms with van der Waals surface area (Å²) >= 11 is 0. The van der Waals surface area contributed by atoms with Gasteiger partial charge in [-0.25, -0.2) is 0 Å². The first-order valence-electron chi connectivity index (χ1n) is 4.92. The van der Waals surface area contributed by atoms with Crippen molar-refractivity contribution in [1.29, 1.82) is 0 Å². The molecule has 4 heteroatoms. The number of aryl methyl sites for hydroxylation is 1. The number of rotatable bonds is 2. The van der Waals surface area contributed by atoms with Crippen LogP contribution >= 0.6 is 0 Å². The molecule has 0 radical (unpaired) electrons. The maximum atomic E-state index is 10.7. The summed E-state index contributed by atoms with van der Waals surface area (Å²) < 4.78 is 0. The first-order chi connectivity index (χ1) is 7.20. The SMILES string of the molecule is O=CC1CCc2ccc([N+](=O)[O-])cc2C1. The highest BCUT2D eigenvalue weighted by Crippen LogP contribution is 2.27. The van der Waals surface area contributed by atoms with Crippen molar-refractivity contribution in [2.75, 3.05) is 0 Å². The van der Waals surface area contributed by atoms with E-state index in [2.05, 4.69) is 0 Å². The molecule has 1 aliphatic rings. The van der Waals surface area contributed by atoms with Crippen molar-refractivity contribution in [3.63, 3.8) is 0 Å². The van der Waals surface area contributed by atoms with Crippen molar-refractivity contribution in [2.24, 2.45) is 5.92 Å². The van der Waals surface area contributed by atoms with Crippen LogP contribution in [0, 0.1) is 16.0 Å². The molecule has 0 saturated carbocycles. The number of nitro groups is 1. The lowest BCUT2D eigenvalue weighted by atomic mass is 9.84. The predicted molar refractivity (Wildman–Crippen MR) is 54.7 cm³/mol. The minimum absolute atomic E-state index is 0.0273. The van der Waals surface area contributed by atoms with E-state index in [-0.39, 0.29) is 11.6 Å². The van der Waals surface area contributed by atoms with Crippen LogP contribution in [0.4, 0.5) is 5.69 Å². The van der Waals surface area contributed by atoms with E-state index in [1.54, 1.807) is 12.1 Å². The molecule has 0 fully saturated rings. The van der Waals surface area contributed by atoms with Gasteiger partial charge in [0.1, 0.15) is 6.29 Å². The third kappa shape index (κ3) is 1.88. The highest BCUT2D eigenvalue weighted by atomic mass is 16.6. The summed E-state index contributed by atoms with van der Waals surface area (Å²) in [4.78, 5) is 20.8. The Bertz CT molecular complexity index is 414. The Morgan fingerprint density at radius 2 is 2.20 bits per heavy atom. The lowest BCUT2D eigenvalue weighted by molar-refractivity contribution is -0.384. The number of non-ortho nitro benzene ring substituents is 1. The first-order valence-corrected chi connectivity index (χ1v) is 4.92. The summed E-state index contributed by atoms with van der Waals surface area (Å²) in [6.07, 6.45) is 3.29. The Labute approximate surface area is 87.1 Å². The number of carbonyl (C=O) groups excluding carboxylic acids is 1. The number of fused-ring (bicyclic) bond motifs is 1. The van der Waals surface area contributed by atoms with Crippen LogP contribution in [0.3, 0.4) is 0 Å². The minimum atomic E-state index is -0.398. The molecular formula is C11H11NO3. The van der Waals surface area contributed by atoms with Gasteiger partial charge in [0, 0.05) is 18.1 Å². The average molecular weight is 205 g/mol. The molecule has 4 nitrogen and oxygen atoms in total. The molecule has 1 atom stereocenters. The van der Waals surface area contributed by atoms with E-state index in [9.17, 15) is 14.9 Å². The highest BCUT2D eigenvalue weighted by Gasteiger charge is 2.20. The molecule has 0 bridgehead atoms. The molecule has 15 heavy (non-hydrogen) atoms. The van der Waals surface area contributed by atoms with E-state index in [4.69, 9.17) is 0 Å². The zero-order valence-electron chi connectivity index (χ0n) is 8.18. The smallest absolute Gasteiger partial charge is 0.269 e. The standard InChI is InChI=1S/C11H11NO3/c13-7-8-1-2-9-3-4-11(12(14)15)6-10(9)5-8/h3-4,6-8H,1-2,5H2. The zero-order chi connectivity index (χ0) is 10.8. The number of nitro benzene ring substituents is 1. The lowest BCUT2D eigenvalue weighted by Gasteiger charge is -2.19. The number of hydrogen-bond donors (Lipinski definition) is 0. The molecule has 0 heterocycles. The van der Waals surface area contributed by atoms with E-state index < -0.39 is 4.92 Å². The zero-order valence-corrected chi connectivity index (χ0v) is 8.18. The summed E-state index contributed by atoms with van der Waals surface area (Å²) in [6, 6.07) is 4.92. The van der Waals surface area contributed by atoms with Gasteiger partial charge in [0.15, 0.2) is 0 Å². The molecule has 0 spiro atoms. The van der Waals surface area contributed by atoms with Gasteiger partial charge in [0.25, 0.3) is 5.69 Å². The lowest BCUT2D eigenvalue weighted by Crippen LogP contribution is -2.15. The van der Waals surface area contributed by atoms with Gasteiger partial charge in [-0.05, 0) is 30.4 Å². The van der Waals surface area contributed by atoms with Crippen LogP contribution in [0.2, 0.25) is 0 Å². The second-order valence-corrected chi connectivity index (χ2v) is 3.85. The Hall–Kier alpha value is -1.71. The van der Waals surface area contributed by atoms with Crippen LogP contribution in [0.1, 0.15) is 17.5 Å². The molecule has 78 valence electrons. The second-order valence-electron chi connectivity index (χ2n) is 3.85. The van der Waals surface area contributed by atoms with Gasteiger partial charge in [0.05, 0.1) is 4.92 Å². The number of nitrogens with zero attached hydrogens (tertiary/aromatic N) is 1. The third-order valence-electron chi connectivity index (χ3n) is 2.86. The first kappa shape index (κ1) is 9.83. The normalized spacial score (nSPS) is 19.3. The van der Waals surface area contributed by atoms with Crippen molar-refractivity contribution in [2.45, 2.75) is 19.3 Å². The molecule has 1 aromatic rings. The van der Waals surface area contributed by atoms with Crippen molar-refractivity contribution in [3.8, 4) is 0 Å². The van der Waals surface area contributed by atoms with Gasteiger partial charge < -0.3 is 4.79 Å². The van der Waals surface area contributed by atoms with E-state index in [0.29, 0.717) is 6.42 Å². The Morgan fingerprint density at radius 3 is 2.87 bits per heavy atom. The van der Waals surface area contributed by atoms with Gasteiger partial charge >= 0.3 is 0 Å². The van der Waals surface area contributed by atoms with Gasteiger partial charge in [-0.1, -0.05) is 6.07 Å². The second kappa shape index (κ2) is 3.81. The number of hydrogen-bond acceptors (Lipinski definition) is 3. The summed E-state index contributed by atoms with van der Waals surface area (Å²) in [7, 11) is 0. The van der Waals surface area contributed by atoms with E-state index in [1.807, 2.05) is 0 Å². The quantitative estimate of drug-likeness (QED) is 0.421. The number of aldehydes is 1. The molecule has 1 unspecified atom stereocenters. The molecule has 0 N–H and O–H groups in total. The fourth-order valence-electron chi connectivity index (χ4n) is 2.00. The van der Waals surface area contributed by atoms with Crippen molar-refractivity contribution >= 4 is 12.0 Å². The fraction of sp³-hybridized carbons (Fsp3) is 0.364. The number of benzene rings is 1. The van der Waals surface area contributed by atoms with Crippen LogP contribution in [0.5, 0.6) is 0 Å². The fourth-order valence-corrected chi connectivity index (χ4v) is 2.00. The van der Waals surface area contributed by atoms with Crippen LogP contribution in [0.25, 0.3) is 0 Å². The predicted octanol–water partition coefficient (Wildman–Crippen LogP) is 1.90. The summed E-state index contributed by atoms with van der Waals surface area (Å²) in [5, 5.41) is 10.6. The maximum Gasteiger partial charge on any atom is 0.269 e.